The number of methoxy groups -OCH3 is 2. The second-order valence-electron chi connectivity index (χ2n) is 15.3. The van der Waals surface area contributed by atoms with Crippen LogP contribution in [0.25, 0.3) is 0 Å². The molecule has 2 fully saturated rings. The molecular formula is C42H49ClO14Si. The van der Waals surface area contributed by atoms with E-state index in [2.05, 4.69) is 20.8 Å². The molecule has 2 aromatic carbocycles. The normalized spacial score (nSPS) is 31.1. The van der Waals surface area contributed by atoms with Crippen molar-refractivity contribution in [3.05, 3.63) is 86.7 Å². The van der Waals surface area contributed by atoms with Crippen LogP contribution >= 0.6 is 11.6 Å². The lowest BCUT2D eigenvalue weighted by Crippen LogP contribution is -2.69. The van der Waals surface area contributed by atoms with Gasteiger partial charge in [0.15, 0.2) is 43.8 Å². The number of hydrogen-bond acceptors (Lipinski definition) is 14. The highest BCUT2D eigenvalue weighted by Crippen LogP contribution is 2.71. The van der Waals surface area contributed by atoms with Crippen molar-refractivity contribution in [3.8, 4) is 5.75 Å². The maximum Gasteiger partial charge on any atom is 0.340 e. The lowest BCUT2D eigenvalue weighted by atomic mass is 9.78. The van der Waals surface area contributed by atoms with Crippen LogP contribution in [0.1, 0.15) is 82.4 Å². The van der Waals surface area contributed by atoms with Gasteiger partial charge in [0.05, 0.1) is 19.8 Å². The Morgan fingerprint density at radius 1 is 1.00 bits per heavy atom. The number of benzene rings is 2. The molecular weight excluding hydrogens is 792 g/mol. The summed E-state index contributed by atoms with van der Waals surface area (Å²) >= 11 is 7.23. The number of cyclic esters (lactones) is 1. The number of rotatable bonds is 12. The zero-order valence-electron chi connectivity index (χ0n) is 33.8. The first kappa shape index (κ1) is 42.0. The smallest absolute Gasteiger partial charge is 0.340 e. The summed E-state index contributed by atoms with van der Waals surface area (Å²) in [6, 6.07) is 12.5. The van der Waals surface area contributed by atoms with Crippen LogP contribution in [0.5, 0.6) is 5.75 Å². The minimum atomic E-state index is -2.59. The highest BCUT2D eigenvalue weighted by molar-refractivity contribution is 6.73. The molecule has 58 heavy (non-hydrogen) atoms. The second kappa shape index (κ2) is 15.5. The van der Waals surface area contributed by atoms with Crippen LogP contribution in [0, 0.1) is 0 Å². The van der Waals surface area contributed by atoms with E-state index < -0.39 is 86.1 Å². The van der Waals surface area contributed by atoms with Crippen molar-refractivity contribution in [2.24, 2.45) is 0 Å². The quantitative estimate of drug-likeness (QED) is 0.150. The highest BCUT2D eigenvalue weighted by atomic mass is 35.5. The van der Waals surface area contributed by atoms with Crippen LogP contribution < -0.4 is 4.74 Å². The third-order valence-electron chi connectivity index (χ3n) is 12.4. The van der Waals surface area contributed by atoms with Crippen LogP contribution in [-0.2, 0) is 69.0 Å². The zero-order chi connectivity index (χ0) is 41.9. The molecule has 0 unspecified atom stereocenters. The number of aliphatic hydroxyl groups is 1. The van der Waals surface area contributed by atoms with Gasteiger partial charge in [-0.3, -0.25) is 14.4 Å². The number of hydrogen-bond donors (Lipinski definition) is 1. The maximum atomic E-state index is 14.5. The van der Waals surface area contributed by atoms with Crippen molar-refractivity contribution >= 4 is 43.6 Å². The maximum absolute atomic E-state index is 14.5. The van der Waals surface area contributed by atoms with Gasteiger partial charge in [0.2, 0.25) is 5.60 Å². The molecule has 1 spiro atoms. The van der Waals surface area contributed by atoms with Gasteiger partial charge in [-0.25, -0.2) is 4.79 Å². The largest absolute Gasteiger partial charge is 0.497 e. The number of Topliss-reactive ketones (excluding diaryl/α,β-unsaturated/α-hetero) is 1. The van der Waals surface area contributed by atoms with Crippen molar-refractivity contribution < 1.29 is 66.6 Å². The molecule has 1 N–H and O–H groups in total. The van der Waals surface area contributed by atoms with E-state index >= 15 is 0 Å². The van der Waals surface area contributed by atoms with Gasteiger partial charge in [-0.15, -0.1) is 0 Å². The fraction of sp³-hybridized carbons (Fsp3) is 0.524. The predicted molar refractivity (Wildman–Crippen MR) is 208 cm³/mol. The van der Waals surface area contributed by atoms with E-state index in [4.69, 9.17) is 53.9 Å². The first-order chi connectivity index (χ1) is 27.6. The Kier molecular flexibility index (Phi) is 11.2. The minimum absolute atomic E-state index is 0.0296. The number of halogens is 1. The summed E-state index contributed by atoms with van der Waals surface area (Å²) in [6.45, 7) is 9.53. The molecule has 5 bridgehead atoms. The van der Waals surface area contributed by atoms with Gasteiger partial charge in [-0.2, -0.15) is 0 Å². The van der Waals surface area contributed by atoms with E-state index in [1.165, 1.54) is 40.0 Å². The van der Waals surface area contributed by atoms with Crippen LogP contribution in [0.3, 0.4) is 0 Å². The fourth-order valence-corrected chi connectivity index (χ4v) is 12.5. The Bertz CT molecular complexity index is 2070. The zero-order valence-corrected chi connectivity index (χ0v) is 35.6. The minimum Gasteiger partial charge on any atom is -0.497 e. The second-order valence-corrected chi connectivity index (χ2v) is 20.4. The highest BCUT2D eigenvalue weighted by Gasteiger charge is 2.83. The molecule has 3 aliphatic carbocycles. The van der Waals surface area contributed by atoms with E-state index in [0.717, 1.165) is 18.1 Å². The third kappa shape index (κ3) is 6.32. The molecule has 14 nitrogen and oxygen atoms in total. The standard InChI is InChI=1S/C42H49ClO14Si/c1-9-58(10-2,11-3)56-33-18-32(46)42-38(54-24(6)45)34-29-16-26(17-30(34)43)31(53-23(5)44)21-51-39(48)36(50-8)28-19-40(57-41(29,33)42,37(55-42)22(4)35(28)47)52-20-25-12-14-27(49-7)15-13-25/h12-17,19,31-33,36,38,46H,9-11,18,20-21H2,1-8H3/t31-,32-,33+,36+,38+,40-,41-,42-/m0/s1. The van der Waals surface area contributed by atoms with Crippen molar-refractivity contribution in [1.82, 2.24) is 0 Å². The first-order valence-electron chi connectivity index (χ1n) is 19.5. The van der Waals surface area contributed by atoms with E-state index in [1.807, 2.05) is 0 Å². The number of fused-ring (bicyclic) bond motifs is 1. The molecule has 1 saturated heterocycles. The number of esters is 3. The van der Waals surface area contributed by atoms with Crippen molar-refractivity contribution in [1.29, 1.82) is 0 Å². The predicted octanol–water partition coefficient (Wildman–Crippen LogP) is 5.97. The average molecular weight is 841 g/mol. The summed E-state index contributed by atoms with van der Waals surface area (Å²) in [5, 5.41) is 12.7. The Morgan fingerprint density at radius 2 is 1.67 bits per heavy atom. The van der Waals surface area contributed by atoms with E-state index in [1.54, 1.807) is 37.4 Å². The lowest BCUT2D eigenvalue weighted by molar-refractivity contribution is -0.379. The van der Waals surface area contributed by atoms with Gasteiger partial charge >= 0.3 is 17.9 Å². The van der Waals surface area contributed by atoms with Gasteiger partial charge in [0.25, 0.3) is 5.79 Å². The van der Waals surface area contributed by atoms with Gasteiger partial charge < -0.3 is 47.4 Å². The van der Waals surface area contributed by atoms with Gasteiger partial charge in [-0.05, 0) is 72.1 Å². The van der Waals surface area contributed by atoms with E-state index in [0.29, 0.717) is 22.4 Å². The number of carbonyl (C=O) groups is 4. The number of ketones is 1. The topological polar surface area (TPSA) is 172 Å². The van der Waals surface area contributed by atoms with Gasteiger partial charge in [0, 0.05) is 49.1 Å². The SMILES string of the molecule is CC[Si](CC)(CC)O[C@@H]1C[C@H](O)[C@@]23OC4=C(C)C(=O)C5=C[C@]4(OCc4ccc(OC)cc4)O[C@@]12c1cc(cc(Cl)c1[C@H]3OC(C)=O)[C@@H](OC(C)=O)COC(=O)[C@@H]5OC. The van der Waals surface area contributed by atoms with Gasteiger partial charge in [0.1, 0.15) is 18.5 Å². The molecule has 5 aliphatic rings. The molecule has 0 radical (unpaired) electrons. The van der Waals surface area contributed by atoms with Gasteiger partial charge in [-0.1, -0.05) is 44.5 Å². The molecule has 2 aromatic rings. The summed E-state index contributed by atoms with van der Waals surface area (Å²) in [6.07, 6.45) is -5.34. The van der Waals surface area contributed by atoms with Crippen LogP contribution in [-0.4, -0.2) is 87.6 Å². The summed E-state index contributed by atoms with van der Waals surface area (Å²) in [5.74, 6) is -4.62. The molecule has 0 aromatic heterocycles. The monoisotopic (exact) mass is 840 g/mol. The van der Waals surface area contributed by atoms with Crippen LogP contribution in [0.4, 0.5) is 0 Å². The molecule has 312 valence electrons. The Labute approximate surface area is 342 Å². The Morgan fingerprint density at radius 3 is 2.28 bits per heavy atom. The number of ether oxygens (including phenoxy) is 8. The Hall–Kier alpha value is -4.09. The Balaban J connectivity index is 1.59. The summed E-state index contributed by atoms with van der Waals surface area (Å²) in [5.41, 5.74) is -2.56. The van der Waals surface area contributed by atoms with Crippen LogP contribution in [0.15, 0.2) is 59.4 Å². The van der Waals surface area contributed by atoms with Crippen molar-refractivity contribution in [2.45, 2.75) is 120 Å². The van der Waals surface area contributed by atoms with Crippen molar-refractivity contribution in [3.63, 3.8) is 0 Å². The van der Waals surface area contributed by atoms with E-state index in [-0.39, 0.29) is 40.5 Å². The van der Waals surface area contributed by atoms with Crippen molar-refractivity contribution in [2.75, 3.05) is 20.8 Å². The number of aliphatic hydroxyl groups excluding tert-OH is 1. The molecule has 2 aliphatic heterocycles. The summed E-state index contributed by atoms with van der Waals surface area (Å²) in [7, 11) is 0.211. The van der Waals surface area contributed by atoms with Crippen LogP contribution in [0.2, 0.25) is 23.2 Å². The molecule has 2 heterocycles. The van der Waals surface area contributed by atoms with E-state index in [9.17, 15) is 24.3 Å². The average Bonchev–Trinajstić information content (AvgIpc) is 3.58. The fourth-order valence-electron chi connectivity index (χ4n) is 9.33. The molecule has 7 rings (SSSR count). The molecule has 8 atom stereocenters. The molecule has 0 amide bonds. The third-order valence-corrected chi connectivity index (χ3v) is 17.3. The number of carbonyl (C=O) groups excluding carboxylic acids is 4. The molecule has 16 heteroatoms. The number of allylic oxidation sites excluding steroid dienone is 1. The summed E-state index contributed by atoms with van der Waals surface area (Å²) < 4.78 is 57.6. The summed E-state index contributed by atoms with van der Waals surface area (Å²) in [4.78, 5) is 54.1. The molecule has 1 saturated carbocycles. The first-order valence-corrected chi connectivity index (χ1v) is 22.4. The lowest BCUT2D eigenvalue weighted by Gasteiger charge is -2.57.